The molecule has 0 spiro atoms. The van der Waals surface area contributed by atoms with Crippen LogP contribution in [-0.2, 0) is 4.79 Å². The third-order valence-corrected chi connectivity index (χ3v) is 5.89. The summed E-state index contributed by atoms with van der Waals surface area (Å²) in [4.78, 5) is 26.5. The number of nitrogens with one attached hydrogen (secondary N) is 1. The molecule has 3 aromatic carbocycles. The topological polar surface area (TPSA) is 67.9 Å². The van der Waals surface area contributed by atoms with Crippen molar-refractivity contribution in [3.05, 3.63) is 118 Å². The van der Waals surface area contributed by atoms with E-state index in [4.69, 9.17) is 0 Å². The predicted molar refractivity (Wildman–Crippen MR) is 124 cm³/mol. The highest BCUT2D eigenvalue weighted by Gasteiger charge is 2.30. The Kier molecular flexibility index (Phi) is 6.72. The van der Waals surface area contributed by atoms with Gasteiger partial charge in [0.15, 0.2) is 0 Å². The number of nitrogens with zero attached hydrogens (tertiary/aromatic N) is 2. The van der Waals surface area contributed by atoms with Gasteiger partial charge < -0.3 is 9.80 Å². The summed E-state index contributed by atoms with van der Waals surface area (Å²) >= 11 is 0. The molecule has 1 saturated heterocycles. The van der Waals surface area contributed by atoms with E-state index in [0.717, 1.165) is 13.1 Å². The van der Waals surface area contributed by atoms with Gasteiger partial charge in [-0.1, -0.05) is 72.8 Å². The molecular weight excluding hydrogens is 402 g/mol. The van der Waals surface area contributed by atoms with Gasteiger partial charge in [0, 0.05) is 29.3 Å². The van der Waals surface area contributed by atoms with Crippen LogP contribution in [0.15, 0.2) is 91.0 Å². The maximum absolute atomic E-state index is 12.7. The van der Waals surface area contributed by atoms with Crippen LogP contribution in [0.2, 0.25) is 0 Å². The highest BCUT2D eigenvalue weighted by Crippen LogP contribution is 2.19. The second-order valence-corrected chi connectivity index (χ2v) is 7.92. The number of non-ortho nitro benzene ring substituents is 1. The van der Waals surface area contributed by atoms with Crippen molar-refractivity contribution in [3.63, 3.8) is 0 Å². The molecule has 4 rings (SSSR count). The Morgan fingerprint density at radius 1 is 0.906 bits per heavy atom. The van der Waals surface area contributed by atoms with Crippen molar-refractivity contribution in [2.75, 3.05) is 26.2 Å². The number of carbonyl (C=O) groups excluding carboxylic acids is 1. The first-order chi connectivity index (χ1) is 15.6. The van der Waals surface area contributed by atoms with E-state index >= 15 is 0 Å². The molecule has 0 bridgehead atoms. The van der Waals surface area contributed by atoms with Gasteiger partial charge in [-0.3, -0.25) is 14.9 Å². The van der Waals surface area contributed by atoms with Gasteiger partial charge in [-0.05, 0) is 11.6 Å². The molecule has 3 aromatic rings. The Bertz CT molecular complexity index is 1050. The molecule has 162 valence electrons. The van der Waals surface area contributed by atoms with Crippen molar-refractivity contribution >= 4 is 17.7 Å². The minimum Gasteiger partial charge on any atom is -0.328 e. The molecule has 1 N–H and O–H groups in total. The summed E-state index contributed by atoms with van der Waals surface area (Å²) in [5.74, 6) is -0.0634. The van der Waals surface area contributed by atoms with Gasteiger partial charge in [-0.25, -0.2) is 0 Å². The molecule has 1 fully saturated rings. The Labute approximate surface area is 187 Å². The second-order valence-electron chi connectivity index (χ2n) is 7.92. The zero-order valence-corrected chi connectivity index (χ0v) is 17.8. The molecule has 1 aliphatic rings. The van der Waals surface area contributed by atoms with Gasteiger partial charge in [0.2, 0.25) is 5.91 Å². The van der Waals surface area contributed by atoms with Gasteiger partial charge >= 0.3 is 0 Å². The second kappa shape index (κ2) is 10.0. The van der Waals surface area contributed by atoms with Gasteiger partial charge in [0.05, 0.1) is 31.1 Å². The van der Waals surface area contributed by atoms with Crippen LogP contribution in [0, 0.1) is 10.1 Å². The van der Waals surface area contributed by atoms with Crippen molar-refractivity contribution < 1.29 is 14.6 Å². The first-order valence-electron chi connectivity index (χ1n) is 10.8. The van der Waals surface area contributed by atoms with E-state index in [-0.39, 0.29) is 17.6 Å². The lowest BCUT2D eigenvalue weighted by atomic mass is 9.96. The number of rotatable bonds is 6. The number of nitro benzene ring substituents is 1. The van der Waals surface area contributed by atoms with Crippen LogP contribution in [0.3, 0.4) is 0 Å². The lowest BCUT2D eigenvalue weighted by molar-refractivity contribution is -0.929. The maximum atomic E-state index is 12.7. The fraction of sp³-hybridized carbons (Fsp3) is 0.192. The summed E-state index contributed by atoms with van der Waals surface area (Å²) in [6.07, 6.45) is 3.15. The van der Waals surface area contributed by atoms with Gasteiger partial charge in [-0.2, -0.15) is 0 Å². The van der Waals surface area contributed by atoms with Gasteiger partial charge in [0.1, 0.15) is 6.04 Å². The van der Waals surface area contributed by atoms with E-state index < -0.39 is 4.92 Å². The first kappa shape index (κ1) is 21.5. The smallest absolute Gasteiger partial charge is 0.270 e. The van der Waals surface area contributed by atoms with Crippen molar-refractivity contribution in [1.82, 2.24) is 4.90 Å². The Morgan fingerprint density at radius 2 is 1.50 bits per heavy atom. The fourth-order valence-electron chi connectivity index (χ4n) is 4.27. The number of hydrogen-bond acceptors (Lipinski definition) is 3. The molecule has 1 amide bonds. The number of piperazine rings is 1. The molecule has 6 nitrogen and oxygen atoms in total. The van der Waals surface area contributed by atoms with Crippen LogP contribution in [0.1, 0.15) is 22.7 Å². The van der Waals surface area contributed by atoms with Crippen LogP contribution in [0.25, 0.3) is 6.08 Å². The maximum Gasteiger partial charge on any atom is 0.270 e. The van der Waals surface area contributed by atoms with Crippen LogP contribution in [-0.4, -0.2) is 41.9 Å². The van der Waals surface area contributed by atoms with E-state index in [0.29, 0.717) is 18.7 Å². The summed E-state index contributed by atoms with van der Waals surface area (Å²) in [6, 6.07) is 27.6. The number of carbonyl (C=O) groups is 1. The third-order valence-electron chi connectivity index (χ3n) is 5.89. The standard InChI is InChI=1S/C26H25N3O3/c30-25(15-14-21-8-7-13-24(20-21)29(31)32)27-16-18-28(19-17-27)26(22-9-3-1-4-10-22)23-11-5-2-6-12-23/h1-15,20,26H,16-19H2/p+1/b15-14+. The molecule has 1 heterocycles. The summed E-state index contributed by atoms with van der Waals surface area (Å²) in [5.41, 5.74) is 3.22. The lowest BCUT2D eigenvalue weighted by Gasteiger charge is -2.36. The van der Waals surface area contributed by atoms with Crippen molar-refractivity contribution in [1.29, 1.82) is 0 Å². The van der Waals surface area contributed by atoms with Crippen LogP contribution < -0.4 is 4.90 Å². The average Bonchev–Trinajstić information content (AvgIpc) is 2.85. The highest BCUT2D eigenvalue weighted by atomic mass is 16.6. The number of hydrogen-bond donors (Lipinski definition) is 1. The molecule has 0 aliphatic carbocycles. The van der Waals surface area contributed by atoms with Crippen molar-refractivity contribution in [2.24, 2.45) is 0 Å². The molecule has 0 aromatic heterocycles. The number of benzene rings is 3. The summed E-state index contributed by atoms with van der Waals surface area (Å²) in [6.45, 7) is 3.04. The van der Waals surface area contributed by atoms with E-state index in [1.54, 1.807) is 18.2 Å². The molecule has 32 heavy (non-hydrogen) atoms. The van der Waals surface area contributed by atoms with Crippen LogP contribution in [0.4, 0.5) is 5.69 Å². The highest BCUT2D eigenvalue weighted by molar-refractivity contribution is 5.91. The van der Waals surface area contributed by atoms with Crippen LogP contribution in [0.5, 0.6) is 0 Å². The molecular formula is C26H26N3O3+. The number of quaternary nitrogens is 1. The molecule has 0 unspecified atom stereocenters. The molecule has 0 atom stereocenters. The summed E-state index contributed by atoms with van der Waals surface area (Å²) < 4.78 is 0. The molecule has 6 heteroatoms. The number of nitro groups is 1. The Morgan fingerprint density at radius 3 is 2.06 bits per heavy atom. The lowest BCUT2D eigenvalue weighted by Crippen LogP contribution is -3.15. The zero-order chi connectivity index (χ0) is 22.3. The van der Waals surface area contributed by atoms with E-state index in [1.807, 2.05) is 17.0 Å². The fourth-order valence-corrected chi connectivity index (χ4v) is 4.27. The summed E-state index contributed by atoms with van der Waals surface area (Å²) in [7, 11) is 0. The zero-order valence-electron chi connectivity index (χ0n) is 17.8. The number of amides is 1. The average molecular weight is 429 g/mol. The molecule has 0 radical (unpaired) electrons. The largest absolute Gasteiger partial charge is 0.328 e. The minimum absolute atomic E-state index is 0.0182. The van der Waals surface area contributed by atoms with E-state index in [1.165, 1.54) is 34.2 Å². The monoisotopic (exact) mass is 428 g/mol. The third kappa shape index (κ3) is 5.10. The predicted octanol–water partition coefficient (Wildman–Crippen LogP) is 3.12. The normalized spacial score (nSPS) is 14.7. The molecule has 0 saturated carbocycles. The van der Waals surface area contributed by atoms with Gasteiger partial charge in [0.25, 0.3) is 5.69 Å². The minimum atomic E-state index is -0.433. The van der Waals surface area contributed by atoms with Gasteiger partial charge in [-0.15, -0.1) is 0 Å². The summed E-state index contributed by atoms with van der Waals surface area (Å²) in [5, 5.41) is 10.9. The van der Waals surface area contributed by atoms with Crippen LogP contribution >= 0.6 is 0 Å². The Hall–Kier alpha value is -3.77. The molecule has 1 aliphatic heterocycles. The Balaban J connectivity index is 1.43. The van der Waals surface area contributed by atoms with E-state index in [2.05, 4.69) is 48.5 Å². The van der Waals surface area contributed by atoms with Crippen molar-refractivity contribution in [2.45, 2.75) is 6.04 Å². The SMILES string of the molecule is O=C(/C=C/c1cccc([N+](=O)[O-])c1)N1CC[NH+](C(c2ccccc2)c2ccccc2)CC1. The first-order valence-corrected chi connectivity index (χ1v) is 10.8. The van der Waals surface area contributed by atoms with Crippen molar-refractivity contribution in [3.8, 4) is 0 Å². The quantitative estimate of drug-likeness (QED) is 0.373. The van der Waals surface area contributed by atoms with E-state index in [9.17, 15) is 14.9 Å².